The fourth-order valence-corrected chi connectivity index (χ4v) is 1.45. The quantitative estimate of drug-likeness (QED) is 0.722. The molecule has 0 saturated carbocycles. The minimum Gasteiger partial charge on any atom is -0.482 e. The number of carbonyl (C=O) groups is 2. The second kappa shape index (κ2) is 4.58. The lowest BCUT2D eigenvalue weighted by Gasteiger charge is -2.18. The standard InChI is InChI=1S/C12H10N2O3/c1-2-5-13-12(16)8-3-4-9-10(6-8)17-7-11(15)14-9/h1,3-4,6H,5,7H2,(H,13,16)(H,14,15). The molecule has 0 radical (unpaired) electrons. The first-order chi connectivity index (χ1) is 8.20. The molecule has 0 aliphatic carbocycles. The largest absolute Gasteiger partial charge is 0.482 e. The number of carbonyl (C=O) groups excluding carboxylic acids is 2. The van der Waals surface area contributed by atoms with E-state index in [1.54, 1.807) is 18.2 Å². The van der Waals surface area contributed by atoms with E-state index in [0.717, 1.165) is 0 Å². The Balaban J connectivity index is 2.19. The first-order valence-corrected chi connectivity index (χ1v) is 4.99. The average molecular weight is 230 g/mol. The Labute approximate surface area is 98.2 Å². The maximum absolute atomic E-state index is 11.6. The molecule has 1 aliphatic heterocycles. The van der Waals surface area contributed by atoms with E-state index in [2.05, 4.69) is 16.6 Å². The molecule has 0 spiro atoms. The van der Waals surface area contributed by atoms with Crippen molar-refractivity contribution in [3.63, 3.8) is 0 Å². The molecule has 0 atom stereocenters. The predicted molar refractivity (Wildman–Crippen MR) is 61.7 cm³/mol. The Bertz CT molecular complexity index is 517. The molecule has 1 aliphatic rings. The van der Waals surface area contributed by atoms with Crippen molar-refractivity contribution in [1.82, 2.24) is 5.32 Å². The maximum Gasteiger partial charge on any atom is 0.262 e. The summed E-state index contributed by atoms with van der Waals surface area (Å²) in [6.07, 6.45) is 5.04. The number of amides is 2. The highest BCUT2D eigenvalue weighted by Crippen LogP contribution is 2.28. The number of ether oxygens (including phenoxy) is 1. The van der Waals surface area contributed by atoms with E-state index >= 15 is 0 Å². The SMILES string of the molecule is C#CCNC(=O)c1ccc2c(c1)OCC(=O)N2. The van der Waals surface area contributed by atoms with Crippen LogP contribution in [0.3, 0.4) is 0 Å². The molecule has 86 valence electrons. The van der Waals surface area contributed by atoms with Crippen LogP contribution < -0.4 is 15.4 Å². The highest BCUT2D eigenvalue weighted by molar-refractivity contribution is 5.99. The summed E-state index contributed by atoms with van der Waals surface area (Å²) in [7, 11) is 0. The molecule has 2 amide bonds. The zero-order valence-electron chi connectivity index (χ0n) is 8.95. The van der Waals surface area contributed by atoms with Gasteiger partial charge in [0.2, 0.25) is 0 Å². The number of nitrogens with one attached hydrogen (secondary N) is 2. The predicted octanol–water partition coefficient (Wildman–Crippen LogP) is 0.381. The maximum atomic E-state index is 11.6. The fraction of sp³-hybridized carbons (Fsp3) is 0.167. The van der Waals surface area contributed by atoms with E-state index < -0.39 is 0 Å². The second-order valence-corrected chi connectivity index (χ2v) is 3.43. The van der Waals surface area contributed by atoms with Crippen molar-refractivity contribution in [2.75, 3.05) is 18.5 Å². The summed E-state index contributed by atoms with van der Waals surface area (Å²) < 4.78 is 5.20. The molecule has 0 saturated heterocycles. The van der Waals surface area contributed by atoms with Gasteiger partial charge in [-0.25, -0.2) is 0 Å². The van der Waals surface area contributed by atoms with E-state index in [1.807, 2.05) is 0 Å². The molecule has 1 heterocycles. The van der Waals surface area contributed by atoms with Gasteiger partial charge in [-0.15, -0.1) is 6.42 Å². The molecular formula is C12H10N2O3. The average Bonchev–Trinajstić information content (AvgIpc) is 2.35. The lowest BCUT2D eigenvalue weighted by Crippen LogP contribution is -2.27. The van der Waals surface area contributed by atoms with Gasteiger partial charge in [-0.05, 0) is 18.2 Å². The number of hydrogen-bond acceptors (Lipinski definition) is 3. The van der Waals surface area contributed by atoms with Crippen LogP contribution in [0.15, 0.2) is 18.2 Å². The normalized spacial score (nSPS) is 12.8. The lowest BCUT2D eigenvalue weighted by molar-refractivity contribution is -0.118. The van der Waals surface area contributed by atoms with Crippen LogP contribution >= 0.6 is 0 Å². The van der Waals surface area contributed by atoms with Crippen molar-refractivity contribution in [1.29, 1.82) is 0 Å². The van der Waals surface area contributed by atoms with Gasteiger partial charge < -0.3 is 15.4 Å². The number of hydrogen-bond donors (Lipinski definition) is 2. The minimum atomic E-state index is -0.272. The molecule has 0 bridgehead atoms. The Hall–Kier alpha value is -2.48. The van der Waals surface area contributed by atoms with Crippen LogP contribution in [0.25, 0.3) is 0 Å². The van der Waals surface area contributed by atoms with Crippen molar-refractivity contribution >= 4 is 17.5 Å². The van der Waals surface area contributed by atoms with Crippen molar-refractivity contribution in [3.05, 3.63) is 23.8 Å². The van der Waals surface area contributed by atoms with Crippen molar-refractivity contribution in [3.8, 4) is 18.1 Å². The van der Waals surface area contributed by atoms with Crippen LogP contribution in [-0.2, 0) is 4.79 Å². The molecule has 5 heteroatoms. The molecule has 0 fully saturated rings. The van der Waals surface area contributed by atoms with Crippen molar-refractivity contribution in [2.24, 2.45) is 0 Å². The first kappa shape index (κ1) is 11.0. The van der Waals surface area contributed by atoms with Gasteiger partial charge in [-0.1, -0.05) is 5.92 Å². The highest BCUT2D eigenvalue weighted by atomic mass is 16.5. The Morgan fingerprint density at radius 2 is 2.41 bits per heavy atom. The number of anilines is 1. The van der Waals surface area contributed by atoms with Gasteiger partial charge in [0.25, 0.3) is 11.8 Å². The molecule has 1 aromatic rings. The van der Waals surface area contributed by atoms with Gasteiger partial charge in [-0.3, -0.25) is 9.59 Å². The number of terminal acetylenes is 1. The smallest absolute Gasteiger partial charge is 0.262 e. The molecule has 2 rings (SSSR count). The monoisotopic (exact) mass is 230 g/mol. The third-order valence-corrected chi connectivity index (χ3v) is 2.23. The highest BCUT2D eigenvalue weighted by Gasteiger charge is 2.17. The third kappa shape index (κ3) is 2.37. The van der Waals surface area contributed by atoms with Gasteiger partial charge in [0.05, 0.1) is 12.2 Å². The van der Waals surface area contributed by atoms with Crippen LogP contribution in [0, 0.1) is 12.3 Å². The summed E-state index contributed by atoms with van der Waals surface area (Å²) in [5.41, 5.74) is 1.00. The fourth-order valence-electron chi connectivity index (χ4n) is 1.45. The zero-order chi connectivity index (χ0) is 12.3. The van der Waals surface area contributed by atoms with Gasteiger partial charge in [0.15, 0.2) is 6.61 Å². The van der Waals surface area contributed by atoms with Crippen LogP contribution in [0.1, 0.15) is 10.4 Å². The summed E-state index contributed by atoms with van der Waals surface area (Å²) >= 11 is 0. The Morgan fingerprint density at radius 3 is 3.18 bits per heavy atom. The van der Waals surface area contributed by atoms with Crippen molar-refractivity contribution in [2.45, 2.75) is 0 Å². The topological polar surface area (TPSA) is 67.4 Å². The van der Waals surface area contributed by atoms with E-state index in [4.69, 9.17) is 11.2 Å². The van der Waals surface area contributed by atoms with E-state index in [0.29, 0.717) is 17.0 Å². The van der Waals surface area contributed by atoms with Crippen LogP contribution in [0.4, 0.5) is 5.69 Å². The Morgan fingerprint density at radius 1 is 1.59 bits per heavy atom. The summed E-state index contributed by atoms with van der Waals surface area (Å²) in [5, 5.41) is 5.19. The second-order valence-electron chi connectivity index (χ2n) is 3.43. The minimum absolute atomic E-state index is 0.0393. The number of fused-ring (bicyclic) bond motifs is 1. The van der Waals surface area contributed by atoms with Crippen LogP contribution in [0.5, 0.6) is 5.75 Å². The van der Waals surface area contributed by atoms with Gasteiger partial charge in [-0.2, -0.15) is 0 Å². The molecule has 5 nitrogen and oxygen atoms in total. The number of rotatable bonds is 2. The van der Waals surface area contributed by atoms with Crippen molar-refractivity contribution < 1.29 is 14.3 Å². The lowest BCUT2D eigenvalue weighted by atomic mass is 10.1. The summed E-state index contributed by atoms with van der Waals surface area (Å²) in [5.74, 6) is 2.32. The van der Waals surface area contributed by atoms with E-state index in [-0.39, 0.29) is 25.0 Å². The van der Waals surface area contributed by atoms with E-state index in [9.17, 15) is 9.59 Å². The molecule has 17 heavy (non-hydrogen) atoms. The molecular weight excluding hydrogens is 220 g/mol. The zero-order valence-corrected chi connectivity index (χ0v) is 8.95. The van der Waals surface area contributed by atoms with Crippen LogP contribution in [0.2, 0.25) is 0 Å². The third-order valence-electron chi connectivity index (χ3n) is 2.23. The summed E-state index contributed by atoms with van der Waals surface area (Å²) in [4.78, 5) is 22.7. The molecule has 2 N–H and O–H groups in total. The van der Waals surface area contributed by atoms with Gasteiger partial charge >= 0.3 is 0 Å². The van der Waals surface area contributed by atoms with Crippen LogP contribution in [-0.4, -0.2) is 25.0 Å². The number of benzene rings is 1. The van der Waals surface area contributed by atoms with Gasteiger partial charge in [0.1, 0.15) is 5.75 Å². The Kier molecular flexibility index (Phi) is 2.97. The van der Waals surface area contributed by atoms with E-state index in [1.165, 1.54) is 0 Å². The molecule has 0 aromatic heterocycles. The van der Waals surface area contributed by atoms with Gasteiger partial charge in [0, 0.05) is 5.56 Å². The summed E-state index contributed by atoms with van der Waals surface area (Å²) in [6, 6.07) is 4.79. The summed E-state index contributed by atoms with van der Waals surface area (Å²) in [6.45, 7) is 0.135. The molecule has 1 aromatic carbocycles. The first-order valence-electron chi connectivity index (χ1n) is 4.99. The molecule has 0 unspecified atom stereocenters.